The van der Waals surface area contributed by atoms with Crippen molar-refractivity contribution in [2.75, 3.05) is 13.2 Å². The van der Waals surface area contributed by atoms with Gasteiger partial charge in [-0.25, -0.2) is 5.84 Å². The Kier molecular flexibility index (Phi) is 5.20. The summed E-state index contributed by atoms with van der Waals surface area (Å²) in [5.41, 5.74) is 1.91. The predicted molar refractivity (Wildman–Crippen MR) is 60.6 cm³/mol. The first-order valence-corrected chi connectivity index (χ1v) is 4.39. The van der Waals surface area contributed by atoms with E-state index in [2.05, 4.69) is 4.90 Å². The van der Waals surface area contributed by atoms with E-state index < -0.39 is 5.97 Å². The Morgan fingerprint density at radius 2 is 2.13 bits per heavy atom. The van der Waals surface area contributed by atoms with Crippen molar-refractivity contribution < 1.29 is 9.90 Å². The number of fused-ring (bicyclic) bond motifs is 1. The first kappa shape index (κ1) is 14.3. The molecule has 0 radical (unpaired) electrons. The molecular formula is C8H15Cl2N3O2. The molecule has 2 aliphatic rings. The molecule has 0 amide bonds. The number of nitrogens with zero attached hydrogens (tertiary/aromatic N) is 2. The molecule has 0 spiro atoms. The van der Waals surface area contributed by atoms with Gasteiger partial charge in [-0.15, -0.1) is 24.8 Å². The fourth-order valence-electron chi connectivity index (χ4n) is 2.00. The molecule has 0 aromatic carbocycles. The molecule has 0 bridgehead atoms. The van der Waals surface area contributed by atoms with Crippen LogP contribution in [0, 0.1) is 0 Å². The van der Waals surface area contributed by atoms with E-state index in [4.69, 9.17) is 10.9 Å². The van der Waals surface area contributed by atoms with E-state index in [1.54, 1.807) is 5.01 Å². The average molecular weight is 256 g/mol. The number of rotatable bonds is 2. The summed E-state index contributed by atoms with van der Waals surface area (Å²) in [6.07, 6.45) is 2.13. The maximum Gasteiger partial charge on any atom is 0.309 e. The summed E-state index contributed by atoms with van der Waals surface area (Å²) in [5.74, 6) is 4.87. The van der Waals surface area contributed by atoms with Gasteiger partial charge in [-0.3, -0.25) is 9.80 Å². The summed E-state index contributed by atoms with van der Waals surface area (Å²) >= 11 is 0. The van der Waals surface area contributed by atoms with Crippen LogP contribution in [0.4, 0.5) is 0 Å². The minimum absolute atomic E-state index is 0. The van der Waals surface area contributed by atoms with Crippen molar-refractivity contribution in [1.82, 2.24) is 9.91 Å². The third-order valence-electron chi connectivity index (χ3n) is 2.54. The topological polar surface area (TPSA) is 69.8 Å². The van der Waals surface area contributed by atoms with Crippen LogP contribution in [0.15, 0.2) is 11.4 Å². The highest BCUT2D eigenvalue weighted by atomic mass is 35.5. The molecule has 2 heterocycles. The van der Waals surface area contributed by atoms with Crippen LogP contribution >= 0.6 is 24.8 Å². The van der Waals surface area contributed by atoms with E-state index in [-0.39, 0.29) is 31.2 Å². The minimum atomic E-state index is -0.813. The number of hydrogen-bond donors (Lipinski definition) is 2. The van der Waals surface area contributed by atoms with Crippen LogP contribution in [0.3, 0.4) is 0 Å². The highest BCUT2D eigenvalue weighted by Gasteiger charge is 2.31. The zero-order chi connectivity index (χ0) is 9.42. The Morgan fingerprint density at radius 1 is 1.47 bits per heavy atom. The summed E-state index contributed by atoms with van der Waals surface area (Å²) < 4.78 is 0. The van der Waals surface area contributed by atoms with Crippen LogP contribution < -0.4 is 5.84 Å². The molecule has 15 heavy (non-hydrogen) atoms. The lowest BCUT2D eigenvalue weighted by atomic mass is 10.2. The van der Waals surface area contributed by atoms with E-state index >= 15 is 0 Å². The Morgan fingerprint density at radius 3 is 2.73 bits per heavy atom. The summed E-state index contributed by atoms with van der Waals surface area (Å²) in [4.78, 5) is 12.7. The summed E-state index contributed by atoms with van der Waals surface area (Å²) in [6.45, 7) is 1.66. The van der Waals surface area contributed by atoms with Crippen LogP contribution in [0.25, 0.3) is 0 Å². The molecule has 7 heteroatoms. The lowest BCUT2D eigenvalue weighted by molar-refractivity contribution is -0.136. The van der Waals surface area contributed by atoms with Gasteiger partial charge in [0.2, 0.25) is 0 Å². The molecule has 1 saturated heterocycles. The van der Waals surface area contributed by atoms with Gasteiger partial charge >= 0.3 is 5.97 Å². The first-order chi connectivity index (χ1) is 6.18. The maximum atomic E-state index is 10.6. The molecule has 0 aromatic rings. The van der Waals surface area contributed by atoms with Gasteiger partial charge in [0.25, 0.3) is 0 Å². The first-order valence-electron chi connectivity index (χ1n) is 4.39. The SMILES string of the molecule is Cl.Cl.NN1CN2CCCC2=C1CC(=O)O. The third-order valence-corrected chi connectivity index (χ3v) is 2.54. The number of allylic oxidation sites excluding steroid dienone is 1. The fraction of sp³-hybridized carbons (Fsp3) is 0.625. The van der Waals surface area contributed by atoms with Crippen LogP contribution in [-0.4, -0.2) is 34.2 Å². The van der Waals surface area contributed by atoms with Gasteiger partial charge in [0, 0.05) is 12.2 Å². The predicted octanol–water partition coefficient (Wildman–Crippen LogP) is 0.759. The molecule has 0 unspecified atom stereocenters. The largest absolute Gasteiger partial charge is 0.481 e. The van der Waals surface area contributed by atoms with Crippen LogP contribution in [-0.2, 0) is 4.79 Å². The summed E-state index contributed by atoms with van der Waals surface area (Å²) in [5, 5.41) is 10.2. The van der Waals surface area contributed by atoms with Crippen molar-refractivity contribution in [3.63, 3.8) is 0 Å². The number of halogens is 2. The minimum Gasteiger partial charge on any atom is -0.481 e. The molecule has 0 saturated carbocycles. The number of carboxylic acids is 1. The van der Waals surface area contributed by atoms with Gasteiger partial charge in [0.15, 0.2) is 0 Å². The van der Waals surface area contributed by atoms with Crippen molar-refractivity contribution in [1.29, 1.82) is 0 Å². The van der Waals surface area contributed by atoms with Crippen molar-refractivity contribution in [3.05, 3.63) is 11.4 Å². The van der Waals surface area contributed by atoms with Gasteiger partial charge in [0.1, 0.15) is 6.67 Å². The van der Waals surface area contributed by atoms with Crippen LogP contribution in [0.2, 0.25) is 0 Å². The van der Waals surface area contributed by atoms with Crippen LogP contribution in [0.1, 0.15) is 19.3 Å². The molecule has 3 N–H and O–H groups in total. The second kappa shape index (κ2) is 5.44. The molecule has 0 atom stereocenters. The standard InChI is InChI=1S/C8H13N3O2.2ClH/c9-11-5-10-3-1-2-6(10)7(11)4-8(12)13;;/h1-5,9H2,(H,12,13);2*1H. The molecule has 0 aliphatic carbocycles. The average Bonchev–Trinajstić information content (AvgIpc) is 2.55. The van der Waals surface area contributed by atoms with E-state index in [1.807, 2.05) is 0 Å². The smallest absolute Gasteiger partial charge is 0.309 e. The second-order valence-electron chi connectivity index (χ2n) is 3.44. The summed E-state index contributed by atoms with van der Waals surface area (Å²) in [6, 6.07) is 0. The lowest BCUT2D eigenvalue weighted by Crippen LogP contribution is -2.33. The number of hydrogen-bond acceptors (Lipinski definition) is 4. The van der Waals surface area contributed by atoms with Crippen molar-refractivity contribution in [3.8, 4) is 0 Å². The number of carbonyl (C=O) groups is 1. The monoisotopic (exact) mass is 255 g/mol. The second-order valence-corrected chi connectivity index (χ2v) is 3.44. The molecule has 1 fully saturated rings. The molecular weight excluding hydrogens is 241 g/mol. The van der Waals surface area contributed by atoms with Gasteiger partial charge in [-0.05, 0) is 12.8 Å². The molecule has 0 aromatic heterocycles. The van der Waals surface area contributed by atoms with Gasteiger partial charge in [-0.2, -0.15) is 0 Å². The van der Waals surface area contributed by atoms with Crippen molar-refractivity contribution in [2.45, 2.75) is 19.3 Å². The highest BCUT2D eigenvalue weighted by molar-refractivity contribution is 5.85. The fourth-order valence-corrected chi connectivity index (χ4v) is 2.00. The van der Waals surface area contributed by atoms with Crippen molar-refractivity contribution in [2.24, 2.45) is 5.84 Å². The molecule has 2 rings (SSSR count). The van der Waals surface area contributed by atoms with E-state index in [1.165, 1.54) is 0 Å². The number of carboxylic acid groups (broad SMARTS) is 1. The highest BCUT2D eigenvalue weighted by Crippen LogP contribution is 2.31. The Bertz CT molecular complexity index is 283. The van der Waals surface area contributed by atoms with E-state index in [9.17, 15) is 4.79 Å². The summed E-state index contributed by atoms with van der Waals surface area (Å²) in [7, 11) is 0. The quantitative estimate of drug-likeness (QED) is 0.714. The number of hydrazine groups is 1. The zero-order valence-electron chi connectivity index (χ0n) is 8.18. The van der Waals surface area contributed by atoms with E-state index in [0.29, 0.717) is 6.67 Å². The van der Waals surface area contributed by atoms with Gasteiger partial charge in [0.05, 0.1) is 12.1 Å². The van der Waals surface area contributed by atoms with Crippen molar-refractivity contribution >= 4 is 30.8 Å². The Hall–Kier alpha value is -0.650. The molecule has 2 aliphatic heterocycles. The number of aliphatic carboxylic acids is 1. The Labute approximate surface area is 101 Å². The van der Waals surface area contributed by atoms with Crippen LogP contribution in [0.5, 0.6) is 0 Å². The van der Waals surface area contributed by atoms with Gasteiger partial charge < -0.3 is 10.0 Å². The van der Waals surface area contributed by atoms with E-state index in [0.717, 1.165) is 30.8 Å². The maximum absolute atomic E-state index is 10.6. The molecule has 5 nitrogen and oxygen atoms in total. The third kappa shape index (κ3) is 2.68. The Balaban J connectivity index is 0.000000980. The zero-order valence-corrected chi connectivity index (χ0v) is 9.81. The van der Waals surface area contributed by atoms with Gasteiger partial charge in [-0.1, -0.05) is 0 Å². The molecule has 88 valence electrons. The lowest BCUT2D eigenvalue weighted by Gasteiger charge is -2.16. The number of nitrogens with two attached hydrogens (primary N) is 1. The normalized spacial score (nSPS) is 18.5.